The van der Waals surface area contributed by atoms with Gasteiger partial charge in [0.25, 0.3) is 0 Å². The van der Waals surface area contributed by atoms with Crippen LogP contribution in [-0.4, -0.2) is 16.8 Å². The first-order chi connectivity index (χ1) is 9.78. The third-order valence-corrected chi connectivity index (χ3v) is 4.42. The molecule has 3 rings (SSSR count). The second-order valence-corrected chi connectivity index (χ2v) is 5.52. The number of hydrogen-bond donors (Lipinski definition) is 1. The number of aromatic nitrogens is 2. The zero-order chi connectivity index (χ0) is 14.1. The Morgan fingerprint density at radius 3 is 2.75 bits per heavy atom. The Labute approximate surface area is 121 Å². The van der Waals surface area contributed by atoms with Gasteiger partial charge in [0, 0.05) is 5.69 Å². The maximum atomic E-state index is 4.84. The summed E-state index contributed by atoms with van der Waals surface area (Å²) in [5.41, 5.74) is 5.43. The van der Waals surface area contributed by atoms with Crippen molar-refractivity contribution in [3.05, 3.63) is 52.8 Å². The minimum Gasteiger partial charge on any atom is -0.311 e. The molecule has 1 N–H and O–H groups in total. The quantitative estimate of drug-likeness (QED) is 0.924. The van der Waals surface area contributed by atoms with Crippen LogP contribution in [0.25, 0.3) is 0 Å². The molecule has 2 unspecified atom stereocenters. The Kier molecular flexibility index (Phi) is 3.62. The summed E-state index contributed by atoms with van der Waals surface area (Å²) in [4.78, 5) is 0. The van der Waals surface area contributed by atoms with Crippen molar-refractivity contribution in [2.75, 3.05) is 7.05 Å². The number of nitrogens with zero attached hydrogens (tertiary/aromatic N) is 2. The fraction of sp³-hybridized carbons (Fsp3) is 0.471. The summed E-state index contributed by atoms with van der Waals surface area (Å²) in [7, 11) is 2.05. The van der Waals surface area contributed by atoms with E-state index in [1.165, 1.54) is 22.5 Å². The van der Waals surface area contributed by atoms with Crippen molar-refractivity contribution in [1.29, 1.82) is 0 Å². The smallest absolute Gasteiger partial charge is 0.0757 e. The van der Waals surface area contributed by atoms with Crippen molar-refractivity contribution in [3.8, 4) is 0 Å². The van der Waals surface area contributed by atoms with Crippen LogP contribution in [0.5, 0.6) is 0 Å². The molecule has 1 aliphatic carbocycles. The van der Waals surface area contributed by atoms with E-state index in [4.69, 9.17) is 5.10 Å². The minimum absolute atomic E-state index is 0.362. The summed E-state index contributed by atoms with van der Waals surface area (Å²) in [6.07, 6.45) is 3.11. The molecule has 1 aliphatic rings. The number of nitrogens with one attached hydrogen (secondary N) is 1. The van der Waals surface area contributed by atoms with Gasteiger partial charge in [0.2, 0.25) is 0 Å². The molecule has 0 amide bonds. The van der Waals surface area contributed by atoms with Crippen LogP contribution in [0.3, 0.4) is 0 Å². The SMILES string of the molecule is CCc1cc(CC)n(C2Cc3ccccc3C2NC)n1. The van der Waals surface area contributed by atoms with Crippen molar-refractivity contribution in [2.24, 2.45) is 0 Å². The highest BCUT2D eigenvalue weighted by Crippen LogP contribution is 2.39. The molecule has 0 saturated carbocycles. The molecule has 1 aromatic heterocycles. The van der Waals surface area contributed by atoms with Gasteiger partial charge in [0.15, 0.2) is 0 Å². The van der Waals surface area contributed by atoms with Crippen LogP contribution in [0.15, 0.2) is 30.3 Å². The third kappa shape index (κ3) is 2.06. The standard InChI is InChI=1S/C17H23N3/c1-4-13-11-14(5-2)20(19-13)16-10-12-8-6-7-9-15(12)17(16)18-3/h6-9,11,16-18H,4-5,10H2,1-3H3. The lowest BCUT2D eigenvalue weighted by Crippen LogP contribution is -2.26. The maximum absolute atomic E-state index is 4.84. The molecular weight excluding hydrogens is 246 g/mol. The lowest BCUT2D eigenvalue weighted by atomic mass is 10.1. The van der Waals surface area contributed by atoms with Gasteiger partial charge in [-0.3, -0.25) is 4.68 Å². The van der Waals surface area contributed by atoms with Crippen LogP contribution in [-0.2, 0) is 19.3 Å². The van der Waals surface area contributed by atoms with Crippen molar-refractivity contribution in [3.63, 3.8) is 0 Å². The van der Waals surface area contributed by atoms with E-state index in [1.807, 2.05) is 0 Å². The highest BCUT2D eigenvalue weighted by atomic mass is 15.3. The maximum Gasteiger partial charge on any atom is 0.0757 e. The zero-order valence-corrected chi connectivity index (χ0v) is 12.6. The van der Waals surface area contributed by atoms with Crippen LogP contribution in [0, 0.1) is 0 Å². The molecular formula is C17H23N3. The molecule has 0 spiro atoms. The molecule has 20 heavy (non-hydrogen) atoms. The van der Waals surface area contributed by atoms with Gasteiger partial charge < -0.3 is 5.32 Å². The summed E-state index contributed by atoms with van der Waals surface area (Å²) in [5.74, 6) is 0. The number of likely N-dealkylation sites (N-methyl/N-ethyl adjacent to an activating group) is 1. The van der Waals surface area contributed by atoms with Gasteiger partial charge >= 0.3 is 0 Å². The average molecular weight is 269 g/mol. The Hall–Kier alpha value is -1.61. The summed E-state index contributed by atoms with van der Waals surface area (Å²) >= 11 is 0. The first-order valence-electron chi connectivity index (χ1n) is 7.60. The first kappa shape index (κ1) is 13.4. The monoisotopic (exact) mass is 269 g/mol. The minimum atomic E-state index is 0.362. The highest BCUT2D eigenvalue weighted by Gasteiger charge is 2.33. The molecule has 3 heteroatoms. The summed E-state index contributed by atoms with van der Waals surface area (Å²) in [6, 6.07) is 11.8. The van der Waals surface area contributed by atoms with E-state index in [1.54, 1.807) is 0 Å². The Morgan fingerprint density at radius 2 is 2.05 bits per heavy atom. The van der Waals surface area contributed by atoms with Gasteiger partial charge in [-0.2, -0.15) is 5.10 Å². The van der Waals surface area contributed by atoms with E-state index < -0.39 is 0 Å². The number of rotatable bonds is 4. The highest BCUT2D eigenvalue weighted by molar-refractivity contribution is 5.37. The van der Waals surface area contributed by atoms with E-state index in [0.717, 1.165) is 19.3 Å². The van der Waals surface area contributed by atoms with E-state index in [-0.39, 0.29) is 0 Å². The van der Waals surface area contributed by atoms with Gasteiger partial charge in [-0.15, -0.1) is 0 Å². The average Bonchev–Trinajstić information content (AvgIpc) is 3.07. The largest absolute Gasteiger partial charge is 0.311 e. The first-order valence-corrected chi connectivity index (χ1v) is 7.60. The fourth-order valence-electron chi connectivity index (χ4n) is 3.36. The molecule has 2 aromatic rings. The summed E-state index contributed by atoms with van der Waals surface area (Å²) < 4.78 is 2.26. The molecule has 0 fully saturated rings. The number of hydrogen-bond acceptors (Lipinski definition) is 2. The van der Waals surface area contributed by atoms with Crippen LogP contribution in [0.2, 0.25) is 0 Å². The molecule has 0 aliphatic heterocycles. The number of benzene rings is 1. The second-order valence-electron chi connectivity index (χ2n) is 5.52. The van der Waals surface area contributed by atoms with Crippen molar-refractivity contribution < 1.29 is 0 Å². The van der Waals surface area contributed by atoms with Crippen molar-refractivity contribution >= 4 is 0 Å². The van der Waals surface area contributed by atoms with E-state index in [9.17, 15) is 0 Å². The molecule has 3 nitrogen and oxygen atoms in total. The lowest BCUT2D eigenvalue weighted by Gasteiger charge is -2.22. The normalized spacial score (nSPS) is 21.1. The second kappa shape index (κ2) is 5.41. The van der Waals surface area contributed by atoms with Gasteiger partial charge in [0.05, 0.1) is 17.8 Å². The lowest BCUT2D eigenvalue weighted by molar-refractivity contribution is 0.361. The van der Waals surface area contributed by atoms with Crippen molar-refractivity contribution in [2.45, 2.75) is 45.2 Å². The molecule has 0 radical (unpaired) electrons. The predicted octanol–water partition coefficient (Wildman–Crippen LogP) is 3.07. The van der Waals surface area contributed by atoms with Crippen LogP contribution in [0.4, 0.5) is 0 Å². The fourth-order valence-corrected chi connectivity index (χ4v) is 3.36. The van der Waals surface area contributed by atoms with E-state index in [2.05, 4.69) is 61.2 Å². The van der Waals surface area contributed by atoms with Gasteiger partial charge in [-0.05, 0) is 43.5 Å². The topological polar surface area (TPSA) is 29.9 Å². The van der Waals surface area contributed by atoms with Gasteiger partial charge in [-0.25, -0.2) is 0 Å². The van der Waals surface area contributed by atoms with Crippen LogP contribution in [0.1, 0.15) is 48.4 Å². The number of fused-ring (bicyclic) bond motifs is 1. The third-order valence-electron chi connectivity index (χ3n) is 4.42. The predicted molar refractivity (Wildman–Crippen MR) is 82.0 cm³/mol. The zero-order valence-electron chi connectivity index (χ0n) is 12.6. The molecule has 0 bridgehead atoms. The summed E-state index contributed by atoms with van der Waals surface area (Å²) in [5, 5.41) is 8.33. The Bertz CT molecular complexity index is 600. The Balaban J connectivity index is 2.01. The van der Waals surface area contributed by atoms with E-state index >= 15 is 0 Å². The molecule has 106 valence electrons. The van der Waals surface area contributed by atoms with Crippen LogP contribution >= 0.6 is 0 Å². The molecule has 1 heterocycles. The van der Waals surface area contributed by atoms with Gasteiger partial charge in [-0.1, -0.05) is 38.1 Å². The molecule has 1 aromatic carbocycles. The molecule has 2 atom stereocenters. The molecule has 0 saturated heterocycles. The Morgan fingerprint density at radius 1 is 1.25 bits per heavy atom. The summed E-state index contributed by atoms with van der Waals surface area (Å²) in [6.45, 7) is 4.38. The van der Waals surface area contributed by atoms with E-state index in [0.29, 0.717) is 12.1 Å². The van der Waals surface area contributed by atoms with Crippen molar-refractivity contribution in [1.82, 2.24) is 15.1 Å². The van der Waals surface area contributed by atoms with Crippen LogP contribution < -0.4 is 5.32 Å². The van der Waals surface area contributed by atoms with Gasteiger partial charge in [0.1, 0.15) is 0 Å². The number of aryl methyl sites for hydroxylation is 2.